The molecule has 0 aliphatic heterocycles. The van der Waals surface area contributed by atoms with Gasteiger partial charge in [-0.1, -0.05) is 0 Å². The third-order valence-electron chi connectivity index (χ3n) is 7.38. The Bertz CT molecular complexity index is 1870. The van der Waals surface area contributed by atoms with Crippen LogP contribution in [-0.4, -0.2) is 68.9 Å². The number of phenolic OH excluding ortho intramolecular Hbond substituents is 4. The summed E-state index contributed by atoms with van der Waals surface area (Å²) in [4.78, 5) is 32.0. The van der Waals surface area contributed by atoms with Gasteiger partial charge in [-0.05, 0) is 58.0 Å². The van der Waals surface area contributed by atoms with Gasteiger partial charge in [0.2, 0.25) is 5.82 Å². The Labute approximate surface area is 297 Å². The Kier molecular flexibility index (Phi) is 15.1. The summed E-state index contributed by atoms with van der Waals surface area (Å²) in [7, 11) is 0. The molecule has 0 saturated carbocycles. The van der Waals surface area contributed by atoms with Crippen LogP contribution in [0.1, 0.15) is 38.8 Å². The van der Waals surface area contributed by atoms with Gasteiger partial charge < -0.3 is 30.2 Å². The minimum absolute atomic E-state index is 0. The summed E-state index contributed by atoms with van der Waals surface area (Å²) < 4.78 is 13.6. The molecule has 14 nitrogen and oxygen atoms in total. The van der Waals surface area contributed by atoms with E-state index in [1.54, 1.807) is 24.3 Å². The number of phenols is 4. The van der Waals surface area contributed by atoms with Crippen molar-refractivity contribution in [1.82, 2.24) is 0 Å². The van der Waals surface area contributed by atoms with E-state index in [2.05, 4.69) is 19.8 Å². The Balaban J connectivity index is 0.000000340. The molecule has 0 fully saturated rings. The second kappa shape index (κ2) is 18.7. The first-order valence-corrected chi connectivity index (χ1v) is 15.2. The smallest absolute Gasteiger partial charge is 0.308 e. The molecule has 0 unspecified atom stereocenters. The average molecular weight is 735 g/mol. The molecular formula is C34H37FN6NiO8. The molecule has 4 rings (SSSR count). The molecule has 0 aliphatic carbocycles. The van der Waals surface area contributed by atoms with Gasteiger partial charge in [-0.25, -0.2) is 0 Å². The molecule has 0 aromatic heterocycles. The molecule has 268 valence electrons. The molecule has 0 heterocycles. The largest absolute Gasteiger partial charge is 0.507 e. The van der Waals surface area contributed by atoms with Gasteiger partial charge in [-0.15, -0.1) is 0 Å². The molecule has 0 atom stereocenters. The molecule has 0 radical (unpaired) electrons. The third-order valence-corrected chi connectivity index (χ3v) is 7.38. The number of hydrogen-bond donors (Lipinski definition) is 4. The molecule has 16 heteroatoms. The molecule has 4 aromatic rings. The van der Waals surface area contributed by atoms with Crippen LogP contribution in [0.15, 0.2) is 76.7 Å². The molecule has 0 aliphatic rings. The summed E-state index contributed by atoms with van der Waals surface area (Å²) in [6.07, 6.45) is 2.61. The SMILES string of the molecule is CCN(CC)c1ccc(C=Nc2cc(F)c([N+](=O)[O-])cc2O)c(O)c1.CCN(CC)c1ccc(C=Nc2cc([N+](=O)[O-])ccc2O)c(O)c1.[Ni]. The van der Waals surface area contributed by atoms with E-state index in [-0.39, 0.29) is 50.8 Å². The summed E-state index contributed by atoms with van der Waals surface area (Å²) >= 11 is 0. The van der Waals surface area contributed by atoms with Crippen LogP contribution < -0.4 is 9.80 Å². The minimum atomic E-state index is -1.10. The van der Waals surface area contributed by atoms with E-state index in [9.17, 15) is 45.0 Å². The number of halogens is 1. The predicted molar refractivity (Wildman–Crippen MR) is 187 cm³/mol. The normalized spacial score (nSPS) is 10.7. The van der Waals surface area contributed by atoms with Crippen molar-refractivity contribution in [3.8, 4) is 23.0 Å². The number of nitro benzene ring substituents is 2. The topological polar surface area (TPSA) is 198 Å². The van der Waals surface area contributed by atoms with Gasteiger partial charge in [0, 0.05) is 108 Å². The quantitative estimate of drug-likeness (QED) is 0.0494. The number of benzene rings is 4. The second-order valence-corrected chi connectivity index (χ2v) is 10.3. The molecule has 0 saturated heterocycles. The maximum atomic E-state index is 13.6. The van der Waals surface area contributed by atoms with Crippen molar-refractivity contribution in [2.75, 3.05) is 36.0 Å². The number of hydrogen-bond acceptors (Lipinski definition) is 12. The molecule has 0 amide bonds. The number of aliphatic imine (C=N–C) groups is 2. The van der Waals surface area contributed by atoms with Crippen molar-refractivity contribution in [2.24, 2.45) is 9.98 Å². The summed E-state index contributed by atoms with van der Waals surface area (Å²) in [6, 6.07) is 15.3. The van der Waals surface area contributed by atoms with Crippen LogP contribution in [0.2, 0.25) is 0 Å². The Hall–Kier alpha value is -5.76. The van der Waals surface area contributed by atoms with Crippen molar-refractivity contribution in [2.45, 2.75) is 27.7 Å². The first kappa shape index (κ1) is 40.4. The predicted octanol–water partition coefficient (Wildman–Crippen LogP) is 7.34. The molecular weight excluding hydrogens is 698 g/mol. The van der Waals surface area contributed by atoms with E-state index < -0.39 is 27.1 Å². The zero-order chi connectivity index (χ0) is 36.2. The number of nitrogens with zero attached hydrogens (tertiary/aromatic N) is 6. The van der Waals surface area contributed by atoms with Crippen LogP contribution in [0.25, 0.3) is 0 Å². The van der Waals surface area contributed by atoms with Crippen LogP contribution in [0.5, 0.6) is 23.0 Å². The van der Waals surface area contributed by atoms with Gasteiger partial charge in [-0.2, -0.15) is 4.39 Å². The molecule has 4 aromatic carbocycles. The Morgan fingerprint density at radius 2 is 1.10 bits per heavy atom. The maximum absolute atomic E-state index is 13.6. The van der Waals surface area contributed by atoms with Crippen LogP contribution in [-0.2, 0) is 16.5 Å². The van der Waals surface area contributed by atoms with E-state index in [4.69, 9.17) is 0 Å². The molecule has 4 N–H and O–H groups in total. The van der Waals surface area contributed by atoms with Gasteiger partial charge in [0.15, 0.2) is 0 Å². The second-order valence-electron chi connectivity index (χ2n) is 10.3. The first-order valence-electron chi connectivity index (χ1n) is 15.2. The molecule has 50 heavy (non-hydrogen) atoms. The summed E-state index contributed by atoms with van der Waals surface area (Å²) in [5.74, 6) is -1.76. The van der Waals surface area contributed by atoms with Crippen LogP contribution in [0, 0.1) is 26.0 Å². The van der Waals surface area contributed by atoms with E-state index in [0.717, 1.165) is 43.6 Å². The average Bonchev–Trinajstić information content (AvgIpc) is 3.07. The van der Waals surface area contributed by atoms with Gasteiger partial charge in [0.1, 0.15) is 34.4 Å². The minimum Gasteiger partial charge on any atom is -0.507 e. The first-order chi connectivity index (χ1) is 23.3. The summed E-state index contributed by atoms with van der Waals surface area (Å²) in [5.41, 5.74) is 1.47. The summed E-state index contributed by atoms with van der Waals surface area (Å²) in [5, 5.41) is 61.1. The van der Waals surface area contributed by atoms with Gasteiger partial charge in [0.25, 0.3) is 5.69 Å². The van der Waals surface area contributed by atoms with E-state index in [1.165, 1.54) is 30.6 Å². The fourth-order valence-electron chi connectivity index (χ4n) is 4.64. The third kappa shape index (κ3) is 10.4. The van der Waals surface area contributed by atoms with Crippen molar-refractivity contribution in [3.05, 3.63) is 104 Å². The van der Waals surface area contributed by atoms with Crippen molar-refractivity contribution >= 4 is 46.6 Å². The van der Waals surface area contributed by atoms with Crippen molar-refractivity contribution in [1.29, 1.82) is 0 Å². The standard InChI is InChI=1S/C17H18FN3O4.C17H19N3O4.Ni/c1-3-20(4-2)12-6-5-11(16(22)7-12)10-19-14-8-13(18)15(21(24)25)9-17(14)23;1-3-19(4-2)13-6-5-12(17(22)10-13)11-18-15-9-14(20(23)24)7-8-16(15)21;/h5-10,22-23H,3-4H2,1-2H3;5-11,21-22H,3-4H2,1-2H3;. The van der Waals surface area contributed by atoms with Crippen molar-refractivity contribution in [3.63, 3.8) is 0 Å². The van der Waals surface area contributed by atoms with Gasteiger partial charge >= 0.3 is 5.69 Å². The zero-order valence-corrected chi connectivity index (χ0v) is 28.6. The van der Waals surface area contributed by atoms with E-state index in [0.29, 0.717) is 17.2 Å². The van der Waals surface area contributed by atoms with Crippen LogP contribution >= 0.6 is 0 Å². The fraction of sp³-hybridized carbons (Fsp3) is 0.235. The number of aromatic hydroxyl groups is 4. The summed E-state index contributed by atoms with van der Waals surface area (Å²) in [6.45, 7) is 11.3. The molecule has 0 bridgehead atoms. The maximum Gasteiger partial charge on any atom is 0.308 e. The van der Waals surface area contributed by atoms with E-state index in [1.807, 2.05) is 39.8 Å². The van der Waals surface area contributed by atoms with E-state index >= 15 is 0 Å². The fourth-order valence-corrected chi connectivity index (χ4v) is 4.64. The van der Waals surface area contributed by atoms with Crippen molar-refractivity contribution < 1.29 is 51.2 Å². The number of rotatable bonds is 12. The Morgan fingerprint density at radius 3 is 1.50 bits per heavy atom. The number of non-ortho nitro benzene ring substituents is 1. The zero-order valence-electron chi connectivity index (χ0n) is 27.6. The molecule has 0 spiro atoms. The van der Waals surface area contributed by atoms with Crippen LogP contribution in [0.3, 0.4) is 0 Å². The number of anilines is 2. The Morgan fingerprint density at radius 1 is 0.640 bits per heavy atom. The van der Waals surface area contributed by atoms with Crippen LogP contribution in [0.4, 0.5) is 38.5 Å². The monoisotopic (exact) mass is 734 g/mol. The van der Waals surface area contributed by atoms with Gasteiger partial charge in [-0.3, -0.25) is 30.2 Å². The van der Waals surface area contributed by atoms with Gasteiger partial charge in [0.05, 0.1) is 15.9 Å². The number of nitro groups is 2.